The fourth-order valence-electron chi connectivity index (χ4n) is 6.19. The molecule has 1 N–H and O–H groups in total. The Bertz CT molecular complexity index is 1550. The summed E-state index contributed by atoms with van der Waals surface area (Å²) in [6.45, 7) is 3.58. The first-order valence-corrected chi connectivity index (χ1v) is 16.0. The lowest BCUT2D eigenvalue weighted by Gasteiger charge is -2.35. The Morgan fingerprint density at radius 3 is 1.86 bits per heavy atom. The molecule has 0 amide bonds. The van der Waals surface area contributed by atoms with Gasteiger partial charge in [0.05, 0.1) is 35.7 Å². The zero-order valence-electron chi connectivity index (χ0n) is 27.3. The fraction of sp³-hybridized carbons (Fsp3) is 0.500. The monoisotopic (exact) mass is 720 g/mol. The van der Waals surface area contributed by atoms with Crippen LogP contribution in [0.4, 0.5) is 51.1 Å². The number of anilines is 2. The van der Waals surface area contributed by atoms with Crippen molar-refractivity contribution in [1.82, 2.24) is 9.97 Å². The number of hydrogen-bond acceptors (Lipinski definition) is 7. The lowest BCUT2D eigenvalue weighted by molar-refractivity contribution is -0.145. The highest BCUT2D eigenvalue weighted by Crippen LogP contribution is 2.39. The van der Waals surface area contributed by atoms with Crippen molar-refractivity contribution in [2.75, 3.05) is 29.5 Å². The third kappa shape index (κ3) is 10.4. The minimum absolute atomic E-state index is 0.0146. The van der Waals surface area contributed by atoms with Gasteiger partial charge in [0.2, 0.25) is 5.95 Å². The minimum atomic E-state index is -5.12. The van der Waals surface area contributed by atoms with Crippen molar-refractivity contribution in [3.63, 3.8) is 0 Å². The number of aromatic nitrogens is 2. The van der Waals surface area contributed by atoms with Crippen molar-refractivity contribution in [3.8, 4) is 5.75 Å². The largest absolute Gasteiger partial charge is 0.505 e. The molecule has 1 heterocycles. The number of ether oxygens (including phenoxy) is 1. The molecule has 1 aliphatic carbocycles. The maximum atomic E-state index is 14.0. The van der Waals surface area contributed by atoms with E-state index in [1.165, 1.54) is 6.07 Å². The number of halogens is 9. The Morgan fingerprint density at radius 1 is 0.780 bits per heavy atom. The molecule has 1 aromatic heterocycles. The molecule has 0 spiro atoms. The lowest BCUT2D eigenvalue weighted by Crippen LogP contribution is -2.33. The lowest BCUT2D eigenvalue weighted by atomic mass is 9.80. The average Bonchev–Trinajstić information content (AvgIpc) is 3.03. The van der Waals surface area contributed by atoms with Crippen LogP contribution in [-0.2, 0) is 41.1 Å². The Kier molecular flexibility index (Phi) is 12.1. The molecule has 0 radical (unpaired) electrons. The summed E-state index contributed by atoms with van der Waals surface area (Å²) in [6, 6.07) is 4.17. The first-order chi connectivity index (χ1) is 23.4. The van der Waals surface area contributed by atoms with E-state index < -0.39 is 53.9 Å². The standard InChI is InChI=1S/C34H37F9N4O3/c1-3-46(18-22-7-5-21(6-8-22)13-30(49)50-4-2)29-10-9-25(32(35,36)37)14-24(29)20-47(31-44-16-28(48)17-45-31)19-23-11-26(33(38,39)40)15-27(12-23)34(41,42)43/h9-12,14-17,21-22,48H,3-8,13,18-20H2,1-2H3. The average molecular weight is 721 g/mol. The van der Waals surface area contributed by atoms with E-state index in [1.54, 1.807) is 6.92 Å². The third-order valence-electron chi connectivity index (χ3n) is 8.62. The molecule has 7 nitrogen and oxygen atoms in total. The number of esters is 1. The van der Waals surface area contributed by atoms with Gasteiger partial charge in [-0.25, -0.2) is 9.97 Å². The molecule has 0 bridgehead atoms. The van der Waals surface area contributed by atoms with Gasteiger partial charge in [0, 0.05) is 38.3 Å². The molecule has 16 heteroatoms. The van der Waals surface area contributed by atoms with Gasteiger partial charge < -0.3 is 19.6 Å². The highest BCUT2D eigenvalue weighted by molar-refractivity contribution is 5.69. The predicted octanol–water partition coefficient (Wildman–Crippen LogP) is 9.03. The number of hydrogen-bond donors (Lipinski definition) is 1. The maximum absolute atomic E-state index is 14.0. The Morgan fingerprint density at radius 2 is 1.34 bits per heavy atom. The van der Waals surface area contributed by atoms with Crippen LogP contribution in [0.3, 0.4) is 0 Å². The van der Waals surface area contributed by atoms with Gasteiger partial charge in [-0.1, -0.05) is 0 Å². The van der Waals surface area contributed by atoms with E-state index in [2.05, 4.69) is 9.97 Å². The number of benzene rings is 2. The molecule has 0 unspecified atom stereocenters. The van der Waals surface area contributed by atoms with Crippen LogP contribution < -0.4 is 9.80 Å². The summed E-state index contributed by atoms with van der Waals surface area (Å²) in [5, 5.41) is 9.74. The smallest absolute Gasteiger partial charge is 0.416 e. The quantitative estimate of drug-likeness (QED) is 0.148. The van der Waals surface area contributed by atoms with Crippen LogP contribution in [-0.4, -0.2) is 40.7 Å². The first kappa shape index (κ1) is 38.6. The van der Waals surface area contributed by atoms with Crippen molar-refractivity contribution in [1.29, 1.82) is 0 Å². The van der Waals surface area contributed by atoms with Crippen LogP contribution in [0.5, 0.6) is 5.75 Å². The molecule has 0 saturated heterocycles. The van der Waals surface area contributed by atoms with E-state index in [1.807, 2.05) is 11.8 Å². The second kappa shape index (κ2) is 15.8. The normalized spacial score (nSPS) is 17.0. The molecule has 0 atom stereocenters. The second-order valence-corrected chi connectivity index (χ2v) is 12.3. The molecular formula is C34H37F9N4O3. The summed E-state index contributed by atoms with van der Waals surface area (Å²) in [5.41, 5.74) is -4.08. The van der Waals surface area contributed by atoms with E-state index in [-0.39, 0.29) is 41.1 Å². The van der Waals surface area contributed by atoms with E-state index in [9.17, 15) is 49.4 Å². The zero-order valence-corrected chi connectivity index (χ0v) is 27.3. The summed E-state index contributed by atoms with van der Waals surface area (Å²) in [5.74, 6) is -0.593. The number of alkyl halides is 9. The maximum Gasteiger partial charge on any atom is 0.416 e. The van der Waals surface area contributed by atoms with E-state index >= 15 is 0 Å². The van der Waals surface area contributed by atoms with Crippen LogP contribution in [0.2, 0.25) is 0 Å². The molecule has 4 rings (SSSR count). The number of rotatable bonds is 12. The molecule has 2 aromatic carbocycles. The van der Waals surface area contributed by atoms with Gasteiger partial charge in [-0.3, -0.25) is 4.79 Å². The molecule has 50 heavy (non-hydrogen) atoms. The molecule has 1 aliphatic rings. The van der Waals surface area contributed by atoms with Crippen molar-refractivity contribution >= 4 is 17.6 Å². The van der Waals surface area contributed by atoms with Crippen LogP contribution in [0.1, 0.15) is 73.8 Å². The Hall–Kier alpha value is -4.24. The van der Waals surface area contributed by atoms with E-state index in [0.717, 1.165) is 55.1 Å². The summed E-state index contributed by atoms with van der Waals surface area (Å²) in [6.07, 6.45) is -9.72. The number of carbonyl (C=O) groups excluding carboxylic acids is 1. The van der Waals surface area contributed by atoms with Crippen molar-refractivity contribution in [2.45, 2.75) is 77.6 Å². The van der Waals surface area contributed by atoms with Crippen molar-refractivity contribution < 1.29 is 54.2 Å². The minimum Gasteiger partial charge on any atom is -0.505 e. The number of nitrogens with zero attached hydrogens (tertiary/aromatic N) is 4. The van der Waals surface area contributed by atoms with Gasteiger partial charge in [-0.15, -0.1) is 0 Å². The molecule has 274 valence electrons. The summed E-state index contributed by atoms with van der Waals surface area (Å²) < 4.78 is 129. The van der Waals surface area contributed by atoms with Crippen LogP contribution in [0.15, 0.2) is 48.8 Å². The first-order valence-electron chi connectivity index (χ1n) is 16.0. The van der Waals surface area contributed by atoms with Gasteiger partial charge in [0.1, 0.15) is 0 Å². The summed E-state index contributed by atoms with van der Waals surface area (Å²) in [7, 11) is 0. The number of aromatic hydroxyl groups is 1. The molecule has 1 saturated carbocycles. The van der Waals surface area contributed by atoms with Crippen LogP contribution in [0.25, 0.3) is 0 Å². The van der Waals surface area contributed by atoms with Gasteiger partial charge in [0.25, 0.3) is 0 Å². The zero-order chi connectivity index (χ0) is 36.9. The predicted molar refractivity (Wildman–Crippen MR) is 166 cm³/mol. The van der Waals surface area contributed by atoms with Gasteiger partial charge >= 0.3 is 24.5 Å². The van der Waals surface area contributed by atoms with Gasteiger partial charge in [0.15, 0.2) is 5.75 Å². The highest BCUT2D eigenvalue weighted by Gasteiger charge is 2.37. The van der Waals surface area contributed by atoms with Crippen LogP contribution >= 0.6 is 0 Å². The Balaban J connectivity index is 1.70. The van der Waals surface area contributed by atoms with Crippen molar-refractivity contribution in [2.24, 2.45) is 11.8 Å². The van der Waals surface area contributed by atoms with E-state index in [0.29, 0.717) is 43.9 Å². The van der Waals surface area contributed by atoms with Gasteiger partial charge in [-0.05, 0) is 98.9 Å². The molecule has 3 aromatic rings. The fourth-order valence-corrected chi connectivity index (χ4v) is 6.19. The topological polar surface area (TPSA) is 78.8 Å². The van der Waals surface area contributed by atoms with Gasteiger partial charge in [-0.2, -0.15) is 39.5 Å². The summed E-state index contributed by atoms with van der Waals surface area (Å²) >= 11 is 0. The SMILES string of the molecule is CCOC(=O)CC1CCC(CN(CC)c2ccc(C(F)(F)F)cc2CN(Cc2cc(C(F)(F)F)cc(C(F)(F)F)c2)c2ncc(O)cn2)CC1. The molecule has 0 aliphatic heterocycles. The van der Waals surface area contributed by atoms with E-state index in [4.69, 9.17) is 4.74 Å². The highest BCUT2D eigenvalue weighted by atomic mass is 19.4. The summed E-state index contributed by atoms with van der Waals surface area (Å²) in [4.78, 5) is 22.9. The molecular weight excluding hydrogens is 683 g/mol. The Labute approximate surface area is 283 Å². The van der Waals surface area contributed by atoms with Crippen LogP contribution in [0, 0.1) is 11.8 Å². The molecule has 1 fully saturated rings. The van der Waals surface area contributed by atoms with Crippen molar-refractivity contribution in [3.05, 3.63) is 76.6 Å². The third-order valence-corrected chi connectivity index (χ3v) is 8.62. The number of carbonyl (C=O) groups is 1. The second-order valence-electron chi connectivity index (χ2n) is 12.3.